The van der Waals surface area contributed by atoms with Gasteiger partial charge in [-0.3, -0.25) is 10.4 Å². The molecule has 0 radical (unpaired) electrons. The molecule has 0 aromatic carbocycles. The van der Waals surface area contributed by atoms with Crippen LogP contribution in [0, 0.1) is 0 Å². The summed E-state index contributed by atoms with van der Waals surface area (Å²) in [5.74, 6) is -0.0744. The van der Waals surface area contributed by atoms with Crippen molar-refractivity contribution in [3.63, 3.8) is 0 Å². The molecule has 0 bridgehead atoms. The Morgan fingerprint density at radius 1 is 0.926 bits per heavy atom. The summed E-state index contributed by atoms with van der Waals surface area (Å²) in [6.07, 6.45) is -7.20. The van der Waals surface area contributed by atoms with E-state index in [2.05, 4.69) is 25.5 Å². The smallest absolute Gasteiger partial charge is 0.261 e. The van der Waals surface area contributed by atoms with Gasteiger partial charge in [0.25, 0.3) is 0 Å². The summed E-state index contributed by atoms with van der Waals surface area (Å²) in [5, 5.41) is 3.24. The molecule has 0 aliphatic rings. The molecule has 0 saturated carbocycles. The van der Waals surface area contributed by atoms with Crippen LogP contribution in [0.5, 0.6) is 0 Å². The summed E-state index contributed by atoms with van der Waals surface area (Å²) >= 11 is 0. The molecule has 0 atom stereocenters. The van der Waals surface area contributed by atoms with E-state index in [0.717, 1.165) is 12.1 Å². The lowest BCUT2D eigenvalue weighted by Gasteiger charge is -2.14. The zero-order chi connectivity index (χ0) is 19.7. The van der Waals surface area contributed by atoms with Gasteiger partial charge in [-0.2, -0.15) is 31.4 Å². The van der Waals surface area contributed by atoms with E-state index < -0.39 is 34.6 Å². The van der Waals surface area contributed by atoms with Crippen LogP contribution in [-0.2, 0) is 12.4 Å². The fourth-order valence-electron chi connectivity index (χ4n) is 2.16. The maximum atomic E-state index is 13.1. The van der Waals surface area contributed by atoms with Crippen LogP contribution in [-0.4, -0.2) is 21.2 Å². The Balaban J connectivity index is 1.99. The monoisotopic (exact) mass is 385 g/mol. The van der Waals surface area contributed by atoms with Gasteiger partial charge in [-0.25, -0.2) is 9.97 Å². The molecule has 3 aromatic heterocycles. The predicted octanol–water partition coefficient (Wildman–Crippen LogP) is 4.51. The fraction of sp³-hybridized carbons (Fsp3) is 0.125. The second-order valence-corrected chi connectivity index (χ2v) is 5.24. The van der Waals surface area contributed by atoms with E-state index in [1.807, 2.05) is 0 Å². The van der Waals surface area contributed by atoms with Crippen molar-refractivity contribution >= 4 is 23.1 Å². The van der Waals surface area contributed by atoms with E-state index in [4.69, 9.17) is 0 Å². The minimum atomic E-state index is -5.05. The van der Waals surface area contributed by atoms with Crippen molar-refractivity contribution in [1.82, 2.24) is 15.0 Å². The van der Waals surface area contributed by atoms with Crippen LogP contribution in [0.2, 0.25) is 0 Å². The summed E-state index contributed by atoms with van der Waals surface area (Å²) in [7, 11) is 0. The van der Waals surface area contributed by atoms with Crippen LogP contribution < -0.4 is 5.43 Å². The van der Waals surface area contributed by atoms with Crippen LogP contribution in [0.4, 0.5) is 32.2 Å². The van der Waals surface area contributed by atoms with Crippen LogP contribution in [0.15, 0.2) is 47.7 Å². The number of nitrogens with one attached hydrogen (secondary N) is 1. The van der Waals surface area contributed by atoms with Gasteiger partial charge >= 0.3 is 12.4 Å². The van der Waals surface area contributed by atoms with E-state index in [1.165, 1.54) is 12.4 Å². The van der Waals surface area contributed by atoms with Crippen LogP contribution in [0.1, 0.15) is 17.0 Å². The number of nitrogens with zero attached hydrogens (tertiary/aromatic N) is 4. The average Bonchev–Trinajstić information content (AvgIpc) is 2.60. The highest BCUT2D eigenvalue weighted by molar-refractivity contribution is 5.82. The van der Waals surface area contributed by atoms with Gasteiger partial charge in [-0.1, -0.05) is 6.07 Å². The minimum absolute atomic E-state index is 0.0314. The summed E-state index contributed by atoms with van der Waals surface area (Å²) in [6, 6.07) is 7.16. The molecular formula is C16H9F6N5. The van der Waals surface area contributed by atoms with Crippen LogP contribution in [0.3, 0.4) is 0 Å². The molecule has 11 heteroatoms. The van der Waals surface area contributed by atoms with Gasteiger partial charge < -0.3 is 0 Å². The zero-order valence-electron chi connectivity index (χ0n) is 13.2. The molecule has 140 valence electrons. The first kappa shape index (κ1) is 18.5. The van der Waals surface area contributed by atoms with Gasteiger partial charge in [0, 0.05) is 11.6 Å². The number of hydrogen-bond donors (Lipinski definition) is 1. The lowest BCUT2D eigenvalue weighted by Crippen LogP contribution is -2.14. The van der Waals surface area contributed by atoms with Gasteiger partial charge in [-0.15, -0.1) is 0 Å². The standard InChI is InChI=1S/C16H9F6N5/c17-15(18,19)11-7-12(16(20,21)22)25-14-10(11)4-5-13(26-14)27-24-8-9-3-1-2-6-23-9/h1-8H,(H,25,26,27). The van der Waals surface area contributed by atoms with E-state index >= 15 is 0 Å². The number of fused-ring (bicyclic) bond motifs is 1. The lowest BCUT2D eigenvalue weighted by atomic mass is 10.1. The van der Waals surface area contributed by atoms with Crippen molar-refractivity contribution in [1.29, 1.82) is 0 Å². The van der Waals surface area contributed by atoms with Gasteiger partial charge in [0.2, 0.25) is 0 Å². The second kappa shape index (κ2) is 6.82. The van der Waals surface area contributed by atoms with Crippen LogP contribution in [0.25, 0.3) is 11.0 Å². The summed E-state index contributed by atoms with van der Waals surface area (Å²) < 4.78 is 77.9. The highest BCUT2D eigenvalue weighted by atomic mass is 19.4. The largest absolute Gasteiger partial charge is 0.433 e. The van der Waals surface area contributed by atoms with Crippen molar-refractivity contribution in [3.05, 3.63) is 59.5 Å². The molecule has 0 aliphatic carbocycles. The third kappa shape index (κ3) is 4.30. The van der Waals surface area contributed by atoms with E-state index in [9.17, 15) is 26.3 Å². The minimum Gasteiger partial charge on any atom is -0.261 e. The molecule has 3 rings (SSSR count). The lowest BCUT2D eigenvalue weighted by molar-refractivity contribution is -0.144. The Labute approximate surface area is 147 Å². The summed E-state index contributed by atoms with van der Waals surface area (Å²) in [4.78, 5) is 10.9. The number of alkyl halides is 6. The Hall–Kier alpha value is -3.24. The number of hydrazone groups is 1. The normalized spacial score (nSPS) is 12.7. The van der Waals surface area contributed by atoms with Crippen LogP contribution >= 0.6 is 0 Å². The number of hydrogen-bond acceptors (Lipinski definition) is 5. The second-order valence-electron chi connectivity index (χ2n) is 5.24. The molecule has 1 N–H and O–H groups in total. The number of pyridine rings is 3. The highest BCUT2D eigenvalue weighted by Crippen LogP contribution is 2.38. The van der Waals surface area contributed by atoms with Crippen molar-refractivity contribution in [2.45, 2.75) is 12.4 Å². The number of aromatic nitrogens is 3. The fourth-order valence-corrected chi connectivity index (χ4v) is 2.16. The zero-order valence-corrected chi connectivity index (χ0v) is 13.2. The third-order valence-electron chi connectivity index (χ3n) is 3.33. The topological polar surface area (TPSA) is 63.1 Å². The number of rotatable bonds is 3. The first-order chi connectivity index (χ1) is 12.6. The molecule has 0 spiro atoms. The van der Waals surface area contributed by atoms with Crippen molar-refractivity contribution < 1.29 is 26.3 Å². The predicted molar refractivity (Wildman–Crippen MR) is 85.0 cm³/mol. The molecule has 3 heterocycles. The summed E-state index contributed by atoms with van der Waals surface area (Å²) in [5.41, 5.74) is -0.932. The van der Waals surface area contributed by atoms with Crippen molar-refractivity contribution in [3.8, 4) is 0 Å². The quantitative estimate of drug-likeness (QED) is 0.409. The first-order valence-corrected chi connectivity index (χ1v) is 7.31. The van der Waals surface area contributed by atoms with Crippen molar-refractivity contribution in [2.75, 3.05) is 5.43 Å². The maximum absolute atomic E-state index is 13.1. The number of anilines is 1. The Morgan fingerprint density at radius 3 is 2.33 bits per heavy atom. The molecule has 0 unspecified atom stereocenters. The van der Waals surface area contributed by atoms with Gasteiger partial charge in [-0.05, 0) is 30.3 Å². The van der Waals surface area contributed by atoms with Gasteiger partial charge in [0.05, 0.1) is 17.5 Å². The Morgan fingerprint density at radius 2 is 1.70 bits per heavy atom. The van der Waals surface area contributed by atoms with Gasteiger partial charge in [0.15, 0.2) is 5.65 Å². The molecule has 5 nitrogen and oxygen atoms in total. The van der Waals surface area contributed by atoms with E-state index in [0.29, 0.717) is 5.69 Å². The molecule has 0 fully saturated rings. The van der Waals surface area contributed by atoms with Crippen molar-refractivity contribution in [2.24, 2.45) is 5.10 Å². The maximum Gasteiger partial charge on any atom is 0.433 e. The molecule has 0 aliphatic heterocycles. The molecule has 27 heavy (non-hydrogen) atoms. The van der Waals surface area contributed by atoms with E-state index in [1.54, 1.807) is 18.2 Å². The summed E-state index contributed by atoms with van der Waals surface area (Å²) in [6.45, 7) is 0. The van der Waals surface area contributed by atoms with Gasteiger partial charge in [0.1, 0.15) is 11.5 Å². The highest BCUT2D eigenvalue weighted by Gasteiger charge is 2.39. The van der Waals surface area contributed by atoms with E-state index in [-0.39, 0.29) is 11.9 Å². The Bertz CT molecular complexity index is 982. The molecular weight excluding hydrogens is 376 g/mol. The first-order valence-electron chi connectivity index (χ1n) is 7.31. The third-order valence-corrected chi connectivity index (χ3v) is 3.33. The molecule has 0 saturated heterocycles. The average molecular weight is 385 g/mol. The SMILES string of the molecule is FC(F)(F)c1cc(C(F)(F)F)c2ccc(NN=Cc3ccccn3)nc2n1. The number of halogens is 6. The Kier molecular flexibility index (Phi) is 4.68. The molecule has 0 amide bonds. The molecule has 3 aromatic rings.